The molecule has 0 spiro atoms. The van der Waals surface area contributed by atoms with Gasteiger partial charge in [0, 0.05) is 17.3 Å². The summed E-state index contributed by atoms with van der Waals surface area (Å²) in [6, 6.07) is 5.63. The van der Waals surface area contributed by atoms with Crippen molar-refractivity contribution in [2.24, 2.45) is 5.92 Å². The normalized spacial score (nSPS) is 20.1. The highest BCUT2D eigenvalue weighted by atomic mass is 32.2. The molecule has 0 radical (unpaired) electrons. The number of fused-ring (bicyclic) bond motifs is 1. The van der Waals surface area contributed by atoms with Crippen molar-refractivity contribution in [3.8, 4) is 0 Å². The van der Waals surface area contributed by atoms with E-state index in [4.69, 9.17) is 9.47 Å². The third kappa shape index (κ3) is 7.43. The molecule has 2 aliphatic heterocycles. The van der Waals surface area contributed by atoms with Gasteiger partial charge in [-0.15, -0.1) is 11.8 Å². The van der Waals surface area contributed by atoms with Gasteiger partial charge in [-0.1, -0.05) is 12.1 Å². The highest BCUT2D eigenvalue weighted by molar-refractivity contribution is 7.99. The second-order valence-corrected chi connectivity index (χ2v) is 9.24. The van der Waals surface area contributed by atoms with Gasteiger partial charge in [-0.25, -0.2) is 0 Å². The number of benzene rings is 1. The van der Waals surface area contributed by atoms with Crippen LogP contribution in [0.1, 0.15) is 26.2 Å². The number of ether oxygens (including phenoxy) is 2. The van der Waals surface area contributed by atoms with Crippen molar-refractivity contribution in [1.29, 1.82) is 0 Å². The highest BCUT2D eigenvalue weighted by Gasteiger charge is 2.35. The van der Waals surface area contributed by atoms with Crippen LogP contribution < -0.4 is 15.5 Å². The fourth-order valence-electron chi connectivity index (χ4n) is 4.06. The number of hydrogen-bond donors (Lipinski definition) is 3. The van der Waals surface area contributed by atoms with Crippen LogP contribution >= 0.6 is 11.8 Å². The number of carboxylic acid groups (broad SMARTS) is 1. The minimum Gasteiger partial charge on any atom is -0.480 e. The lowest BCUT2D eigenvalue weighted by molar-refractivity contribution is -0.148. The van der Waals surface area contributed by atoms with E-state index >= 15 is 0 Å². The van der Waals surface area contributed by atoms with Gasteiger partial charge in [0.2, 0.25) is 5.91 Å². The fraction of sp³-hybridized carbons (Fsp3) is 0.609. The number of aliphatic carboxylic acids is 1. The molecule has 1 aromatic rings. The van der Waals surface area contributed by atoms with Crippen molar-refractivity contribution < 1.29 is 29.0 Å². The Hall–Kier alpha value is -2.14. The number of piperidine rings is 1. The number of carbonyl (C=O) groups excluding carboxylic acids is 2. The van der Waals surface area contributed by atoms with E-state index in [1.807, 2.05) is 12.1 Å². The third-order valence-electron chi connectivity index (χ3n) is 5.81. The molecule has 2 atom stereocenters. The number of esters is 1. The van der Waals surface area contributed by atoms with Crippen molar-refractivity contribution >= 4 is 35.3 Å². The van der Waals surface area contributed by atoms with Crippen molar-refractivity contribution in [3.63, 3.8) is 0 Å². The van der Waals surface area contributed by atoms with Gasteiger partial charge in [0.1, 0.15) is 12.6 Å². The van der Waals surface area contributed by atoms with E-state index in [0.29, 0.717) is 24.0 Å². The lowest BCUT2D eigenvalue weighted by Crippen LogP contribution is -2.55. The number of rotatable bonds is 11. The first-order valence-electron chi connectivity index (χ1n) is 11.5. The molecule has 0 saturated carbocycles. The fourth-order valence-corrected chi connectivity index (χ4v) is 5.15. The summed E-state index contributed by atoms with van der Waals surface area (Å²) < 4.78 is 11.0. The lowest BCUT2D eigenvalue weighted by atomic mass is 9.95. The Labute approximate surface area is 198 Å². The molecule has 3 N–H and O–H groups in total. The topological polar surface area (TPSA) is 117 Å². The molecule has 0 bridgehead atoms. The summed E-state index contributed by atoms with van der Waals surface area (Å²) in [4.78, 5) is 39.4. The highest BCUT2D eigenvalue weighted by Crippen LogP contribution is 2.34. The van der Waals surface area contributed by atoms with Crippen molar-refractivity contribution in [2.45, 2.75) is 43.2 Å². The van der Waals surface area contributed by atoms with Crippen molar-refractivity contribution in [3.05, 3.63) is 24.3 Å². The molecule has 182 valence electrons. The first kappa shape index (κ1) is 25.5. The average molecular weight is 480 g/mol. The largest absolute Gasteiger partial charge is 0.480 e. The number of amides is 1. The molecule has 1 saturated heterocycles. The van der Waals surface area contributed by atoms with Crippen molar-refractivity contribution in [1.82, 2.24) is 10.6 Å². The molecule has 2 heterocycles. The van der Waals surface area contributed by atoms with Crippen LogP contribution in [0, 0.1) is 5.92 Å². The SMILES string of the molecule is CCOC(=O)[C@@H](COCCC1CCNCC1)NC1CSc2ccccc2N(CC(=O)O)C1=O. The number of carboxylic acids is 1. The predicted molar refractivity (Wildman–Crippen MR) is 126 cm³/mol. The number of para-hydroxylation sites is 1. The Morgan fingerprint density at radius 2 is 2.06 bits per heavy atom. The van der Waals surface area contributed by atoms with E-state index in [2.05, 4.69) is 10.6 Å². The molecular formula is C23H33N3O6S. The molecule has 1 fully saturated rings. The van der Waals surface area contributed by atoms with Gasteiger partial charge in [0.25, 0.3) is 0 Å². The molecule has 0 aliphatic carbocycles. The van der Waals surface area contributed by atoms with E-state index in [9.17, 15) is 19.5 Å². The average Bonchev–Trinajstić information content (AvgIpc) is 2.93. The summed E-state index contributed by atoms with van der Waals surface area (Å²) in [6.07, 6.45) is 3.17. The number of thioether (sulfide) groups is 1. The molecule has 1 amide bonds. The zero-order valence-electron chi connectivity index (χ0n) is 19.0. The smallest absolute Gasteiger partial charge is 0.325 e. The molecule has 1 aromatic carbocycles. The molecule has 2 aliphatic rings. The Morgan fingerprint density at radius 3 is 2.79 bits per heavy atom. The van der Waals surface area contributed by atoms with Gasteiger partial charge in [0.15, 0.2) is 0 Å². The summed E-state index contributed by atoms with van der Waals surface area (Å²) >= 11 is 1.45. The molecule has 9 nitrogen and oxygen atoms in total. The van der Waals surface area contributed by atoms with Gasteiger partial charge < -0.3 is 19.9 Å². The van der Waals surface area contributed by atoms with Crippen LogP contribution in [0.3, 0.4) is 0 Å². The van der Waals surface area contributed by atoms with Crippen LogP contribution in [0.2, 0.25) is 0 Å². The molecular weight excluding hydrogens is 446 g/mol. The third-order valence-corrected chi connectivity index (χ3v) is 6.96. The second kappa shape index (κ2) is 12.9. The monoisotopic (exact) mass is 479 g/mol. The maximum atomic E-state index is 13.3. The van der Waals surface area contributed by atoms with Crippen LogP contribution in [-0.4, -0.2) is 80.2 Å². The maximum absolute atomic E-state index is 13.3. The molecule has 0 aromatic heterocycles. The van der Waals surface area contributed by atoms with Gasteiger partial charge in [-0.3, -0.25) is 24.6 Å². The summed E-state index contributed by atoms with van der Waals surface area (Å²) in [5.41, 5.74) is 0.560. The zero-order valence-corrected chi connectivity index (χ0v) is 19.8. The summed E-state index contributed by atoms with van der Waals surface area (Å²) in [5, 5.41) is 15.8. The maximum Gasteiger partial charge on any atom is 0.325 e. The minimum atomic E-state index is -1.10. The quantitative estimate of drug-likeness (QED) is 0.321. The second-order valence-electron chi connectivity index (χ2n) is 8.18. The van der Waals surface area contributed by atoms with Crippen molar-refractivity contribution in [2.75, 3.05) is 50.1 Å². The molecule has 3 rings (SSSR count). The van der Waals surface area contributed by atoms with E-state index in [0.717, 1.165) is 37.2 Å². The van der Waals surface area contributed by atoms with E-state index in [-0.39, 0.29) is 19.1 Å². The Morgan fingerprint density at radius 1 is 1.30 bits per heavy atom. The number of carbonyl (C=O) groups is 3. The van der Waals surface area contributed by atoms with Crippen LogP contribution in [0.4, 0.5) is 5.69 Å². The number of nitrogens with one attached hydrogen (secondary N) is 2. The molecule has 10 heteroatoms. The Bertz CT molecular complexity index is 817. The van der Waals surface area contributed by atoms with Gasteiger partial charge in [0.05, 0.1) is 24.9 Å². The summed E-state index contributed by atoms with van der Waals surface area (Å²) in [7, 11) is 0. The number of nitrogens with zero attached hydrogens (tertiary/aromatic N) is 1. The molecule has 33 heavy (non-hydrogen) atoms. The first-order chi connectivity index (χ1) is 16.0. The minimum absolute atomic E-state index is 0.0874. The summed E-state index contributed by atoms with van der Waals surface area (Å²) in [5.74, 6) is -1.01. The Kier molecular flexibility index (Phi) is 9.98. The lowest BCUT2D eigenvalue weighted by Gasteiger charge is -2.27. The standard InChI is InChI=1S/C23H33N3O6S/c1-2-32-23(30)17(14-31-12-9-16-7-10-24-11-8-16)25-18-15-33-20-6-4-3-5-19(20)26(22(18)29)13-21(27)28/h3-6,16-18,24-25H,2,7-15H2,1H3,(H,27,28)/t17-,18?/m1/s1. The predicted octanol–water partition coefficient (Wildman–Crippen LogP) is 1.51. The molecule has 1 unspecified atom stereocenters. The first-order valence-corrected chi connectivity index (χ1v) is 12.4. The number of anilines is 1. The van der Waals surface area contributed by atoms with Gasteiger partial charge in [-0.2, -0.15) is 0 Å². The zero-order chi connectivity index (χ0) is 23.6. The van der Waals surface area contributed by atoms with E-state index in [1.54, 1.807) is 19.1 Å². The van der Waals surface area contributed by atoms with E-state index < -0.39 is 30.6 Å². The van der Waals surface area contributed by atoms with Crippen LogP contribution in [0.15, 0.2) is 29.2 Å². The van der Waals surface area contributed by atoms with Gasteiger partial charge >= 0.3 is 11.9 Å². The van der Waals surface area contributed by atoms with E-state index in [1.165, 1.54) is 16.7 Å². The van der Waals surface area contributed by atoms with Crippen LogP contribution in [0.25, 0.3) is 0 Å². The number of hydrogen-bond acceptors (Lipinski definition) is 8. The summed E-state index contributed by atoms with van der Waals surface area (Å²) in [6.45, 7) is 4.16. The Balaban J connectivity index is 1.65. The van der Waals surface area contributed by atoms with Crippen LogP contribution in [-0.2, 0) is 23.9 Å². The van der Waals surface area contributed by atoms with Gasteiger partial charge in [-0.05, 0) is 57.3 Å². The van der Waals surface area contributed by atoms with Crippen LogP contribution in [0.5, 0.6) is 0 Å².